The van der Waals surface area contributed by atoms with Gasteiger partial charge in [0.25, 0.3) is 5.91 Å². The molecule has 5 nitrogen and oxygen atoms in total. The standard InChI is InChI=1S/C16H20N2O3/c1-4-21-16(20)12(3)18-15(19)14-10-13(6-5-9-17)8-7-11(14)2/h7-8,10,12H,4,9,17H2,1-3H3,(H,18,19). The molecule has 3 N–H and O–H groups in total. The van der Waals surface area contributed by atoms with E-state index >= 15 is 0 Å². The molecule has 0 spiro atoms. The number of carbonyl (C=O) groups excluding carboxylic acids is 2. The van der Waals surface area contributed by atoms with Gasteiger partial charge in [0.15, 0.2) is 0 Å². The Morgan fingerprint density at radius 2 is 2.14 bits per heavy atom. The summed E-state index contributed by atoms with van der Waals surface area (Å²) >= 11 is 0. The number of hydrogen-bond acceptors (Lipinski definition) is 4. The van der Waals surface area contributed by atoms with E-state index in [2.05, 4.69) is 17.2 Å². The van der Waals surface area contributed by atoms with Gasteiger partial charge >= 0.3 is 5.97 Å². The molecule has 0 aliphatic carbocycles. The van der Waals surface area contributed by atoms with Gasteiger partial charge in [-0.3, -0.25) is 4.79 Å². The van der Waals surface area contributed by atoms with Crippen molar-refractivity contribution in [2.75, 3.05) is 13.2 Å². The van der Waals surface area contributed by atoms with Gasteiger partial charge in [-0.15, -0.1) is 0 Å². The minimum atomic E-state index is -0.698. The van der Waals surface area contributed by atoms with E-state index in [1.807, 2.05) is 19.1 Å². The normalized spacial score (nSPS) is 11.0. The number of carbonyl (C=O) groups is 2. The molecule has 0 aromatic heterocycles. The van der Waals surface area contributed by atoms with Gasteiger partial charge in [0, 0.05) is 11.1 Å². The number of rotatable bonds is 4. The smallest absolute Gasteiger partial charge is 0.328 e. The predicted molar refractivity (Wildman–Crippen MR) is 80.7 cm³/mol. The van der Waals surface area contributed by atoms with Gasteiger partial charge in [0.05, 0.1) is 13.2 Å². The quantitative estimate of drug-likeness (QED) is 0.639. The van der Waals surface area contributed by atoms with Crippen LogP contribution in [-0.2, 0) is 9.53 Å². The fraction of sp³-hybridized carbons (Fsp3) is 0.375. The van der Waals surface area contributed by atoms with Crippen LogP contribution in [0.1, 0.15) is 35.3 Å². The van der Waals surface area contributed by atoms with E-state index in [0.29, 0.717) is 11.1 Å². The molecular weight excluding hydrogens is 268 g/mol. The van der Waals surface area contributed by atoms with Crippen molar-refractivity contribution < 1.29 is 14.3 Å². The molecule has 1 aromatic carbocycles. The third-order valence-electron chi connectivity index (χ3n) is 2.80. The van der Waals surface area contributed by atoms with Crippen molar-refractivity contribution in [2.24, 2.45) is 5.73 Å². The summed E-state index contributed by atoms with van der Waals surface area (Å²) in [5.41, 5.74) is 7.32. The molecule has 0 saturated carbocycles. The lowest BCUT2D eigenvalue weighted by Gasteiger charge is -2.13. The summed E-state index contributed by atoms with van der Waals surface area (Å²) in [6, 6.07) is 4.62. The fourth-order valence-corrected chi connectivity index (χ4v) is 1.70. The first kappa shape index (κ1) is 16.7. The van der Waals surface area contributed by atoms with Gasteiger partial charge in [-0.1, -0.05) is 17.9 Å². The monoisotopic (exact) mass is 288 g/mol. The molecule has 0 aliphatic heterocycles. The SMILES string of the molecule is CCOC(=O)C(C)NC(=O)c1cc(C#CCN)ccc1C. The van der Waals surface area contributed by atoms with Gasteiger partial charge in [-0.2, -0.15) is 0 Å². The van der Waals surface area contributed by atoms with E-state index < -0.39 is 12.0 Å². The first-order valence-corrected chi connectivity index (χ1v) is 6.76. The Morgan fingerprint density at radius 1 is 1.43 bits per heavy atom. The fourth-order valence-electron chi connectivity index (χ4n) is 1.70. The Balaban J connectivity index is 2.89. The van der Waals surface area contributed by atoms with Crippen LogP contribution in [0.25, 0.3) is 0 Å². The number of aryl methyl sites for hydroxylation is 1. The van der Waals surface area contributed by atoms with Crippen molar-refractivity contribution in [1.29, 1.82) is 0 Å². The number of nitrogens with two attached hydrogens (primary N) is 1. The second-order valence-corrected chi connectivity index (χ2v) is 4.48. The Labute approximate surface area is 124 Å². The second kappa shape index (κ2) is 8.08. The van der Waals surface area contributed by atoms with Crippen molar-refractivity contribution >= 4 is 11.9 Å². The van der Waals surface area contributed by atoms with Crippen molar-refractivity contribution in [3.05, 3.63) is 34.9 Å². The largest absolute Gasteiger partial charge is 0.464 e. The summed E-state index contributed by atoms with van der Waals surface area (Å²) in [7, 11) is 0. The van der Waals surface area contributed by atoms with Crippen LogP contribution in [-0.4, -0.2) is 31.1 Å². The highest BCUT2D eigenvalue weighted by Gasteiger charge is 2.18. The maximum absolute atomic E-state index is 12.2. The van der Waals surface area contributed by atoms with Crippen molar-refractivity contribution in [1.82, 2.24) is 5.32 Å². The zero-order valence-corrected chi connectivity index (χ0v) is 12.5. The van der Waals surface area contributed by atoms with Gasteiger partial charge in [-0.25, -0.2) is 4.79 Å². The number of ether oxygens (including phenoxy) is 1. The maximum atomic E-state index is 12.2. The summed E-state index contributed by atoms with van der Waals surface area (Å²) in [6.07, 6.45) is 0. The molecule has 0 radical (unpaired) electrons. The first-order valence-electron chi connectivity index (χ1n) is 6.76. The maximum Gasteiger partial charge on any atom is 0.328 e. The zero-order chi connectivity index (χ0) is 15.8. The minimum absolute atomic E-state index is 0.259. The molecular formula is C16H20N2O3. The molecule has 21 heavy (non-hydrogen) atoms. The molecule has 1 aromatic rings. The Hall–Kier alpha value is -2.32. The molecule has 0 heterocycles. The third kappa shape index (κ3) is 4.93. The molecule has 5 heteroatoms. The van der Waals surface area contributed by atoms with Crippen LogP contribution in [0.5, 0.6) is 0 Å². The van der Waals surface area contributed by atoms with Gasteiger partial charge < -0.3 is 15.8 Å². The Morgan fingerprint density at radius 3 is 2.76 bits per heavy atom. The van der Waals surface area contributed by atoms with Crippen molar-refractivity contribution in [3.63, 3.8) is 0 Å². The lowest BCUT2D eigenvalue weighted by atomic mass is 10.0. The highest BCUT2D eigenvalue weighted by atomic mass is 16.5. The average Bonchev–Trinajstić information content (AvgIpc) is 2.46. The van der Waals surface area contributed by atoms with Crippen LogP contribution in [0.15, 0.2) is 18.2 Å². The van der Waals surface area contributed by atoms with Gasteiger partial charge in [-0.05, 0) is 38.5 Å². The summed E-state index contributed by atoms with van der Waals surface area (Å²) in [6.45, 7) is 5.67. The molecule has 0 saturated heterocycles. The summed E-state index contributed by atoms with van der Waals surface area (Å²) in [5, 5.41) is 2.62. The number of nitrogens with one attached hydrogen (secondary N) is 1. The predicted octanol–water partition coefficient (Wildman–Crippen LogP) is 0.987. The molecule has 0 bridgehead atoms. The number of esters is 1. The van der Waals surface area contributed by atoms with Crippen LogP contribution in [0, 0.1) is 18.8 Å². The van der Waals surface area contributed by atoms with E-state index in [4.69, 9.17) is 10.5 Å². The summed E-state index contributed by atoms with van der Waals surface area (Å²) < 4.78 is 4.86. The Bertz CT molecular complexity index is 585. The van der Waals surface area contributed by atoms with Crippen molar-refractivity contribution in [3.8, 4) is 11.8 Å². The van der Waals surface area contributed by atoms with Gasteiger partial charge in [0.1, 0.15) is 6.04 Å². The third-order valence-corrected chi connectivity index (χ3v) is 2.80. The summed E-state index contributed by atoms with van der Waals surface area (Å²) in [5.74, 6) is 4.83. The van der Waals surface area contributed by atoms with E-state index in [1.165, 1.54) is 0 Å². The topological polar surface area (TPSA) is 81.4 Å². The lowest BCUT2D eigenvalue weighted by molar-refractivity contribution is -0.144. The molecule has 1 amide bonds. The van der Waals surface area contributed by atoms with Crippen molar-refractivity contribution in [2.45, 2.75) is 26.8 Å². The number of benzene rings is 1. The van der Waals surface area contributed by atoms with E-state index in [0.717, 1.165) is 5.56 Å². The summed E-state index contributed by atoms with van der Waals surface area (Å²) in [4.78, 5) is 23.7. The molecule has 112 valence electrons. The minimum Gasteiger partial charge on any atom is -0.464 e. The van der Waals surface area contributed by atoms with E-state index in [1.54, 1.807) is 19.9 Å². The van der Waals surface area contributed by atoms with Crippen LogP contribution in [0.2, 0.25) is 0 Å². The number of amides is 1. The van der Waals surface area contributed by atoms with E-state index in [-0.39, 0.29) is 19.1 Å². The first-order chi connectivity index (χ1) is 9.99. The molecule has 0 fully saturated rings. The molecule has 0 aliphatic rings. The molecule has 1 atom stereocenters. The molecule has 1 rings (SSSR count). The van der Waals surface area contributed by atoms with Crippen LogP contribution >= 0.6 is 0 Å². The molecule has 1 unspecified atom stereocenters. The van der Waals surface area contributed by atoms with Crippen LogP contribution < -0.4 is 11.1 Å². The second-order valence-electron chi connectivity index (χ2n) is 4.48. The number of hydrogen-bond donors (Lipinski definition) is 2. The van der Waals surface area contributed by atoms with Crippen LogP contribution in [0.4, 0.5) is 0 Å². The Kier molecular flexibility index (Phi) is 6.44. The van der Waals surface area contributed by atoms with Gasteiger partial charge in [0.2, 0.25) is 0 Å². The highest BCUT2D eigenvalue weighted by molar-refractivity contribution is 5.98. The average molecular weight is 288 g/mol. The van der Waals surface area contributed by atoms with E-state index in [9.17, 15) is 9.59 Å². The van der Waals surface area contributed by atoms with Crippen LogP contribution in [0.3, 0.4) is 0 Å². The highest BCUT2D eigenvalue weighted by Crippen LogP contribution is 2.11. The lowest BCUT2D eigenvalue weighted by Crippen LogP contribution is -2.39. The zero-order valence-electron chi connectivity index (χ0n) is 12.5.